The third kappa shape index (κ3) is 3.86. The van der Waals surface area contributed by atoms with Gasteiger partial charge in [0, 0.05) is 18.8 Å². The van der Waals surface area contributed by atoms with Crippen LogP contribution in [0.5, 0.6) is 5.75 Å². The number of likely N-dealkylation sites (tertiary alicyclic amines) is 1. The number of ether oxygens (including phenoxy) is 1. The Labute approximate surface area is 149 Å². The van der Waals surface area contributed by atoms with E-state index in [1.807, 2.05) is 27.9 Å². The molecule has 1 aromatic heterocycles. The molecule has 5 heteroatoms. The fourth-order valence-electron chi connectivity index (χ4n) is 3.31. The van der Waals surface area contributed by atoms with Gasteiger partial charge in [-0.1, -0.05) is 12.1 Å². The van der Waals surface area contributed by atoms with Gasteiger partial charge >= 0.3 is 0 Å². The third-order valence-electron chi connectivity index (χ3n) is 4.79. The first-order chi connectivity index (χ1) is 11.9. The fourth-order valence-corrected chi connectivity index (χ4v) is 3.31. The minimum Gasteiger partial charge on any atom is -0.497 e. The van der Waals surface area contributed by atoms with Crippen LogP contribution in [0.1, 0.15) is 49.5 Å². The van der Waals surface area contributed by atoms with E-state index in [-0.39, 0.29) is 17.5 Å². The van der Waals surface area contributed by atoms with Crippen LogP contribution in [0.3, 0.4) is 0 Å². The van der Waals surface area contributed by atoms with Gasteiger partial charge in [0.1, 0.15) is 5.75 Å². The molecule has 2 aromatic rings. The highest BCUT2D eigenvalue weighted by Crippen LogP contribution is 2.25. The number of aromatic nitrogens is 2. The lowest BCUT2D eigenvalue weighted by Gasteiger charge is -2.24. The molecule has 1 atom stereocenters. The lowest BCUT2D eigenvalue weighted by atomic mass is 10.0. The number of carbonyl (C=O) groups is 1. The minimum absolute atomic E-state index is 0.0894. The second-order valence-corrected chi connectivity index (χ2v) is 7.69. The summed E-state index contributed by atoms with van der Waals surface area (Å²) in [4.78, 5) is 14.9. The molecule has 0 unspecified atom stereocenters. The fraction of sp³-hybridized carbons (Fsp3) is 0.500. The van der Waals surface area contributed by atoms with Crippen molar-refractivity contribution in [3.05, 3.63) is 47.8 Å². The second kappa shape index (κ2) is 6.90. The molecule has 1 aliphatic heterocycles. The number of carbonyl (C=O) groups excluding carboxylic acids is 1. The van der Waals surface area contributed by atoms with Crippen molar-refractivity contribution in [2.75, 3.05) is 13.7 Å². The predicted octanol–water partition coefficient (Wildman–Crippen LogP) is 3.49. The van der Waals surface area contributed by atoms with Gasteiger partial charge in [0.05, 0.1) is 24.4 Å². The molecule has 3 rings (SSSR count). The SMILES string of the molecule is COc1ccc(C[C@H]2CCCN2C(=O)c2cnn(C(C)(C)C)c2)cc1. The predicted molar refractivity (Wildman–Crippen MR) is 98.0 cm³/mol. The second-order valence-electron chi connectivity index (χ2n) is 7.69. The van der Waals surface area contributed by atoms with Crippen LogP contribution in [0.4, 0.5) is 0 Å². The Bertz CT molecular complexity index is 728. The molecule has 1 aliphatic rings. The van der Waals surface area contributed by atoms with E-state index in [2.05, 4.69) is 38.0 Å². The van der Waals surface area contributed by atoms with Gasteiger partial charge in [-0.05, 0) is 57.7 Å². The normalized spacial score (nSPS) is 17.8. The van der Waals surface area contributed by atoms with Crippen LogP contribution in [0.2, 0.25) is 0 Å². The molecule has 25 heavy (non-hydrogen) atoms. The van der Waals surface area contributed by atoms with Gasteiger partial charge in [0.15, 0.2) is 0 Å². The highest BCUT2D eigenvalue weighted by atomic mass is 16.5. The van der Waals surface area contributed by atoms with E-state index >= 15 is 0 Å². The first-order valence-corrected chi connectivity index (χ1v) is 8.87. The highest BCUT2D eigenvalue weighted by Gasteiger charge is 2.30. The molecule has 1 amide bonds. The smallest absolute Gasteiger partial charge is 0.257 e. The van der Waals surface area contributed by atoms with Crippen LogP contribution in [-0.4, -0.2) is 40.3 Å². The van der Waals surface area contributed by atoms with Gasteiger partial charge in [-0.15, -0.1) is 0 Å². The van der Waals surface area contributed by atoms with Crippen LogP contribution < -0.4 is 4.74 Å². The molecule has 5 nitrogen and oxygen atoms in total. The van der Waals surface area contributed by atoms with Gasteiger partial charge < -0.3 is 9.64 Å². The van der Waals surface area contributed by atoms with Gasteiger partial charge in [0.2, 0.25) is 0 Å². The van der Waals surface area contributed by atoms with E-state index in [1.54, 1.807) is 13.3 Å². The summed E-state index contributed by atoms with van der Waals surface area (Å²) in [7, 11) is 1.67. The molecule has 1 saturated heterocycles. The summed E-state index contributed by atoms with van der Waals surface area (Å²) in [5.74, 6) is 0.948. The zero-order valence-corrected chi connectivity index (χ0v) is 15.5. The number of hydrogen-bond donors (Lipinski definition) is 0. The molecule has 0 radical (unpaired) electrons. The quantitative estimate of drug-likeness (QED) is 0.855. The number of hydrogen-bond acceptors (Lipinski definition) is 3. The van der Waals surface area contributed by atoms with Crippen LogP contribution >= 0.6 is 0 Å². The molecule has 0 spiro atoms. The molecule has 134 valence electrons. The van der Waals surface area contributed by atoms with Crippen LogP contribution in [-0.2, 0) is 12.0 Å². The molecule has 0 aliphatic carbocycles. The Kier molecular flexibility index (Phi) is 4.84. The summed E-state index contributed by atoms with van der Waals surface area (Å²) < 4.78 is 7.07. The summed E-state index contributed by atoms with van der Waals surface area (Å²) >= 11 is 0. The van der Waals surface area contributed by atoms with Crippen molar-refractivity contribution < 1.29 is 9.53 Å². The zero-order chi connectivity index (χ0) is 18.0. The largest absolute Gasteiger partial charge is 0.497 e. The maximum absolute atomic E-state index is 12.9. The van der Waals surface area contributed by atoms with Gasteiger partial charge in [-0.25, -0.2) is 0 Å². The van der Waals surface area contributed by atoms with Gasteiger partial charge in [-0.2, -0.15) is 5.10 Å². The topological polar surface area (TPSA) is 47.4 Å². The van der Waals surface area contributed by atoms with Crippen molar-refractivity contribution in [1.82, 2.24) is 14.7 Å². The first kappa shape index (κ1) is 17.5. The molecule has 1 aromatic carbocycles. The van der Waals surface area contributed by atoms with E-state index in [1.165, 1.54) is 5.56 Å². The Hall–Kier alpha value is -2.30. The van der Waals surface area contributed by atoms with E-state index in [9.17, 15) is 4.79 Å². The maximum Gasteiger partial charge on any atom is 0.257 e. The van der Waals surface area contributed by atoms with Crippen molar-refractivity contribution in [2.45, 2.75) is 51.6 Å². The van der Waals surface area contributed by atoms with Gasteiger partial charge in [-0.3, -0.25) is 9.48 Å². The third-order valence-corrected chi connectivity index (χ3v) is 4.79. The van der Waals surface area contributed by atoms with Crippen molar-refractivity contribution >= 4 is 5.91 Å². The Morgan fingerprint density at radius 3 is 2.60 bits per heavy atom. The maximum atomic E-state index is 12.9. The standard InChI is InChI=1S/C20H27N3O2/c1-20(2,3)23-14-16(13-21-23)19(24)22-11-5-6-17(22)12-15-7-9-18(25-4)10-8-15/h7-10,13-14,17H,5-6,11-12H2,1-4H3/t17-/m1/s1. The Balaban J connectivity index is 1.72. The lowest BCUT2D eigenvalue weighted by molar-refractivity contribution is 0.0736. The van der Waals surface area contributed by atoms with E-state index in [0.29, 0.717) is 5.56 Å². The Morgan fingerprint density at radius 1 is 1.28 bits per heavy atom. The van der Waals surface area contributed by atoms with E-state index in [4.69, 9.17) is 4.74 Å². The lowest BCUT2D eigenvalue weighted by Crippen LogP contribution is -2.36. The van der Waals surface area contributed by atoms with Gasteiger partial charge in [0.25, 0.3) is 5.91 Å². The molecular weight excluding hydrogens is 314 g/mol. The van der Waals surface area contributed by atoms with Crippen molar-refractivity contribution in [3.8, 4) is 5.75 Å². The molecular formula is C20H27N3O2. The zero-order valence-electron chi connectivity index (χ0n) is 15.5. The summed E-state index contributed by atoms with van der Waals surface area (Å²) in [6, 6.07) is 8.36. The van der Waals surface area contributed by atoms with Crippen molar-refractivity contribution in [1.29, 1.82) is 0 Å². The highest BCUT2D eigenvalue weighted by molar-refractivity contribution is 5.94. The monoisotopic (exact) mass is 341 g/mol. The minimum atomic E-state index is -0.119. The Morgan fingerprint density at radius 2 is 2.00 bits per heavy atom. The number of nitrogens with zero attached hydrogens (tertiary/aromatic N) is 3. The average molecular weight is 341 g/mol. The van der Waals surface area contributed by atoms with Crippen LogP contribution in [0, 0.1) is 0 Å². The number of amides is 1. The van der Waals surface area contributed by atoms with Crippen molar-refractivity contribution in [2.24, 2.45) is 0 Å². The number of benzene rings is 1. The van der Waals surface area contributed by atoms with Crippen molar-refractivity contribution in [3.63, 3.8) is 0 Å². The summed E-state index contributed by atoms with van der Waals surface area (Å²) in [5, 5.41) is 4.36. The number of methoxy groups -OCH3 is 1. The van der Waals surface area contributed by atoms with Crippen LogP contribution in [0.25, 0.3) is 0 Å². The first-order valence-electron chi connectivity index (χ1n) is 8.87. The molecule has 1 fully saturated rings. The molecule has 0 N–H and O–H groups in total. The van der Waals surface area contributed by atoms with E-state index in [0.717, 1.165) is 31.6 Å². The summed E-state index contributed by atoms with van der Waals surface area (Å²) in [5.41, 5.74) is 1.79. The number of rotatable bonds is 4. The molecule has 0 saturated carbocycles. The summed E-state index contributed by atoms with van der Waals surface area (Å²) in [6.07, 6.45) is 6.54. The van der Waals surface area contributed by atoms with E-state index < -0.39 is 0 Å². The molecule has 2 heterocycles. The van der Waals surface area contributed by atoms with Crippen LogP contribution in [0.15, 0.2) is 36.7 Å². The average Bonchev–Trinajstić information content (AvgIpc) is 3.24. The summed E-state index contributed by atoms with van der Waals surface area (Å²) in [6.45, 7) is 7.06. The molecule has 0 bridgehead atoms.